The first kappa shape index (κ1) is 10.1. The summed E-state index contributed by atoms with van der Waals surface area (Å²) >= 11 is 0. The van der Waals surface area contributed by atoms with Gasteiger partial charge in [0.15, 0.2) is 0 Å². The average molecular weight is 210 g/mol. The third-order valence-corrected chi connectivity index (χ3v) is 2.38. The molecule has 1 heterocycles. The summed E-state index contributed by atoms with van der Waals surface area (Å²) in [7, 11) is 1.86. The van der Waals surface area contributed by atoms with Crippen molar-refractivity contribution in [2.24, 2.45) is 0 Å². The molecule has 1 aromatic heterocycles. The zero-order valence-corrected chi connectivity index (χ0v) is 8.37. The van der Waals surface area contributed by atoms with Crippen LogP contribution in [0.4, 0.5) is 8.78 Å². The van der Waals surface area contributed by atoms with Gasteiger partial charge in [-0.3, -0.25) is 4.57 Å². The molecular formula is C11H12F2N2. The molecule has 0 radical (unpaired) electrons. The van der Waals surface area contributed by atoms with Crippen molar-refractivity contribution < 1.29 is 8.78 Å². The van der Waals surface area contributed by atoms with Crippen molar-refractivity contribution in [1.29, 1.82) is 0 Å². The number of fused-ring (bicyclic) bond motifs is 1. The maximum atomic E-state index is 12.5. The van der Waals surface area contributed by atoms with Crippen molar-refractivity contribution in [3.8, 4) is 0 Å². The summed E-state index contributed by atoms with van der Waals surface area (Å²) < 4.78 is 26.0. The van der Waals surface area contributed by atoms with E-state index >= 15 is 0 Å². The number of halogens is 2. The van der Waals surface area contributed by atoms with Gasteiger partial charge in [-0.2, -0.15) is 8.78 Å². The Morgan fingerprint density at radius 3 is 2.80 bits per heavy atom. The van der Waals surface area contributed by atoms with Crippen molar-refractivity contribution in [1.82, 2.24) is 9.88 Å². The summed E-state index contributed by atoms with van der Waals surface area (Å²) in [5, 5.41) is 3.87. The topological polar surface area (TPSA) is 17.0 Å². The summed E-state index contributed by atoms with van der Waals surface area (Å²) in [5.74, 6) is 0. The number of nitrogens with one attached hydrogen (secondary N) is 1. The molecule has 1 aromatic carbocycles. The Bertz CT molecular complexity index is 463. The van der Waals surface area contributed by atoms with Gasteiger partial charge in [-0.1, -0.05) is 6.07 Å². The van der Waals surface area contributed by atoms with Gasteiger partial charge in [-0.25, -0.2) is 0 Å². The van der Waals surface area contributed by atoms with Crippen LogP contribution in [0.25, 0.3) is 10.9 Å². The van der Waals surface area contributed by atoms with Crippen LogP contribution in [0.15, 0.2) is 30.5 Å². The van der Waals surface area contributed by atoms with E-state index in [-0.39, 0.29) is 0 Å². The predicted molar refractivity (Wildman–Crippen MR) is 56.0 cm³/mol. The first-order valence-electron chi connectivity index (χ1n) is 4.74. The fourth-order valence-corrected chi connectivity index (χ4v) is 1.70. The Morgan fingerprint density at radius 2 is 2.13 bits per heavy atom. The van der Waals surface area contributed by atoms with Gasteiger partial charge in [-0.05, 0) is 30.8 Å². The van der Waals surface area contributed by atoms with Crippen LogP contribution in [-0.4, -0.2) is 11.6 Å². The van der Waals surface area contributed by atoms with Gasteiger partial charge in [-0.15, -0.1) is 0 Å². The van der Waals surface area contributed by atoms with E-state index < -0.39 is 6.55 Å². The molecule has 0 aliphatic carbocycles. The minimum absolute atomic E-state index is 0.574. The lowest BCUT2D eigenvalue weighted by Gasteiger charge is -2.04. The number of benzene rings is 1. The highest BCUT2D eigenvalue weighted by Gasteiger charge is 2.08. The van der Waals surface area contributed by atoms with Crippen molar-refractivity contribution in [3.05, 3.63) is 36.0 Å². The molecule has 0 saturated heterocycles. The highest BCUT2D eigenvalue weighted by Crippen LogP contribution is 2.22. The van der Waals surface area contributed by atoms with Gasteiger partial charge in [0.2, 0.25) is 0 Å². The zero-order chi connectivity index (χ0) is 10.8. The fraction of sp³-hybridized carbons (Fsp3) is 0.273. The van der Waals surface area contributed by atoms with E-state index in [2.05, 4.69) is 5.32 Å². The second-order valence-electron chi connectivity index (χ2n) is 3.42. The predicted octanol–water partition coefficient (Wildman–Crippen LogP) is 2.76. The lowest BCUT2D eigenvalue weighted by molar-refractivity contribution is 0.0752. The van der Waals surface area contributed by atoms with E-state index in [0.29, 0.717) is 5.52 Å². The fourth-order valence-electron chi connectivity index (χ4n) is 1.70. The quantitative estimate of drug-likeness (QED) is 0.824. The molecular weight excluding hydrogens is 198 g/mol. The van der Waals surface area contributed by atoms with Gasteiger partial charge < -0.3 is 5.32 Å². The summed E-state index contributed by atoms with van der Waals surface area (Å²) in [5.41, 5.74) is 1.67. The monoisotopic (exact) mass is 210 g/mol. The second-order valence-corrected chi connectivity index (χ2v) is 3.42. The highest BCUT2D eigenvalue weighted by molar-refractivity contribution is 5.80. The highest BCUT2D eigenvalue weighted by atomic mass is 19.3. The van der Waals surface area contributed by atoms with E-state index in [9.17, 15) is 8.78 Å². The van der Waals surface area contributed by atoms with E-state index in [1.165, 1.54) is 6.20 Å². The number of alkyl halides is 2. The van der Waals surface area contributed by atoms with Crippen LogP contribution >= 0.6 is 0 Å². The van der Waals surface area contributed by atoms with Crippen LogP contribution in [0.5, 0.6) is 0 Å². The zero-order valence-electron chi connectivity index (χ0n) is 8.37. The van der Waals surface area contributed by atoms with Crippen molar-refractivity contribution >= 4 is 10.9 Å². The number of hydrogen-bond donors (Lipinski definition) is 1. The molecule has 0 unspecified atom stereocenters. The maximum absolute atomic E-state index is 12.5. The molecule has 0 atom stereocenters. The van der Waals surface area contributed by atoms with Crippen LogP contribution in [0.2, 0.25) is 0 Å². The molecule has 0 aliphatic heterocycles. The van der Waals surface area contributed by atoms with Gasteiger partial charge in [0, 0.05) is 18.1 Å². The Balaban J connectivity index is 2.47. The molecule has 0 saturated carbocycles. The minimum atomic E-state index is -2.47. The van der Waals surface area contributed by atoms with Gasteiger partial charge in [0.1, 0.15) is 0 Å². The number of rotatable bonds is 3. The summed E-state index contributed by atoms with van der Waals surface area (Å²) in [4.78, 5) is 0. The van der Waals surface area contributed by atoms with E-state index in [1.807, 2.05) is 19.2 Å². The third-order valence-electron chi connectivity index (χ3n) is 2.38. The molecule has 0 fully saturated rings. The van der Waals surface area contributed by atoms with Crippen LogP contribution in [-0.2, 0) is 6.54 Å². The Labute approximate surface area is 86.5 Å². The third kappa shape index (κ3) is 1.85. The number of nitrogens with zero attached hydrogens (tertiary/aromatic N) is 1. The summed E-state index contributed by atoms with van der Waals surface area (Å²) in [6.45, 7) is -1.73. The van der Waals surface area contributed by atoms with Gasteiger partial charge in [0.05, 0.1) is 5.52 Å². The molecule has 0 spiro atoms. The van der Waals surface area contributed by atoms with Crippen molar-refractivity contribution in [2.45, 2.75) is 13.1 Å². The Hall–Kier alpha value is -1.42. The first-order valence-corrected chi connectivity index (χ1v) is 4.74. The Kier molecular flexibility index (Phi) is 2.68. The van der Waals surface area contributed by atoms with E-state index in [0.717, 1.165) is 22.1 Å². The molecule has 0 bridgehead atoms. The first-order chi connectivity index (χ1) is 7.22. The van der Waals surface area contributed by atoms with Crippen LogP contribution in [0, 0.1) is 0 Å². The van der Waals surface area contributed by atoms with Crippen LogP contribution in [0.1, 0.15) is 12.1 Å². The van der Waals surface area contributed by atoms with Gasteiger partial charge >= 0.3 is 6.55 Å². The summed E-state index contributed by atoms with van der Waals surface area (Å²) in [6, 6.07) is 7.22. The van der Waals surface area contributed by atoms with E-state index in [1.54, 1.807) is 12.1 Å². The number of aromatic nitrogens is 1. The average Bonchev–Trinajstić information content (AvgIpc) is 2.61. The Morgan fingerprint density at radius 1 is 1.33 bits per heavy atom. The van der Waals surface area contributed by atoms with E-state index in [4.69, 9.17) is 0 Å². The molecule has 2 rings (SSSR count). The van der Waals surface area contributed by atoms with Crippen LogP contribution < -0.4 is 5.32 Å². The smallest absolute Gasteiger partial charge is 0.316 e. The molecule has 1 N–H and O–H groups in total. The van der Waals surface area contributed by atoms with Crippen LogP contribution in [0.3, 0.4) is 0 Å². The lowest BCUT2D eigenvalue weighted by Crippen LogP contribution is -2.04. The standard InChI is InChI=1S/C11H12F2N2/c1-14-7-8-2-3-10-9(6-8)4-5-15(10)11(12)13/h2-6,11,14H,7H2,1H3. The number of hydrogen-bond acceptors (Lipinski definition) is 1. The molecule has 15 heavy (non-hydrogen) atoms. The largest absolute Gasteiger partial charge is 0.319 e. The molecule has 0 amide bonds. The SMILES string of the molecule is CNCc1ccc2c(ccn2C(F)F)c1. The molecule has 2 aromatic rings. The van der Waals surface area contributed by atoms with Crippen molar-refractivity contribution in [2.75, 3.05) is 7.05 Å². The lowest BCUT2D eigenvalue weighted by atomic mass is 10.1. The normalized spacial score (nSPS) is 11.5. The minimum Gasteiger partial charge on any atom is -0.316 e. The molecule has 2 nitrogen and oxygen atoms in total. The van der Waals surface area contributed by atoms with Gasteiger partial charge in [0.25, 0.3) is 0 Å². The van der Waals surface area contributed by atoms with Crippen molar-refractivity contribution in [3.63, 3.8) is 0 Å². The summed E-state index contributed by atoms with van der Waals surface area (Å²) in [6.07, 6.45) is 1.42. The molecule has 4 heteroatoms. The second kappa shape index (κ2) is 3.98. The molecule has 0 aliphatic rings. The maximum Gasteiger partial charge on any atom is 0.319 e. The molecule has 80 valence electrons.